The second-order valence-electron chi connectivity index (χ2n) is 6.52. The highest BCUT2D eigenvalue weighted by atomic mass is 16.5. The van der Waals surface area contributed by atoms with Crippen molar-refractivity contribution in [3.63, 3.8) is 0 Å². The van der Waals surface area contributed by atoms with Gasteiger partial charge in [0.1, 0.15) is 5.78 Å². The lowest BCUT2D eigenvalue weighted by Gasteiger charge is -2.27. The molecular formula is C19H26O2. The number of rotatable bonds is 3. The molecule has 1 heterocycles. The first kappa shape index (κ1) is 14.8. The summed E-state index contributed by atoms with van der Waals surface area (Å²) in [7, 11) is 0. The van der Waals surface area contributed by atoms with Gasteiger partial charge in [-0.05, 0) is 30.4 Å². The molecule has 0 amide bonds. The van der Waals surface area contributed by atoms with Crippen molar-refractivity contribution in [2.24, 2.45) is 5.92 Å². The zero-order valence-electron chi connectivity index (χ0n) is 12.9. The summed E-state index contributed by atoms with van der Waals surface area (Å²) in [5.41, 5.74) is 2.60. The van der Waals surface area contributed by atoms with E-state index in [1.807, 2.05) is 0 Å². The average Bonchev–Trinajstić information content (AvgIpc) is 2.47. The van der Waals surface area contributed by atoms with E-state index in [0.29, 0.717) is 12.2 Å². The van der Waals surface area contributed by atoms with Crippen LogP contribution in [0.4, 0.5) is 0 Å². The summed E-state index contributed by atoms with van der Waals surface area (Å²) in [5, 5.41) is 0. The van der Waals surface area contributed by atoms with Crippen LogP contribution in [-0.2, 0) is 16.0 Å². The van der Waals surface area contributed by atoms with Crippen molar-refractivity contribution in [1.29, 1.82) is 0 Å². The number of Topliss-reactive ketones (excluding diaryl/α,β-unsaturated/α-hetero) is 1. The van der Waals surface area contributed by atoms with Gasteiger partial charge in [-0.1, -0.05) is 56.4 Å². The lowest BCUT2D eigenvalue weighted by Crippen LogP contribution is -2.23. The smallest absolute Gasteiger partial charge is 0.138 e. The molecule has 1 aliphatic heterocycles. The summed E-state index contributed by atoms with van der Waals surface area (Å²) in [6.07, 6.45) is 10.1. The van der Waals surface area contributed by atoms with Gasteiger partial charge in [-0.2, -0.15) is 0 Å². The van der Waals surface area contributed by atoms with Gasteiger partial charge < -0.3 is 4.74 Å². The molecule has 0 aromatic heterocycles. The standard InChI is InChI=1S/C19H26O2/c20-18(16-9-4-2-1-3-5-10-16)14-19-17-11-7-6-8-15(17)12-13-21-19/h6-8,11,16,19H,1-5,9-10,12-14H2. The van der Waals surface area contributed by atoms with E-state index in [4.69, 9.17) is 4.74 Å². The Kier molecular flexibility index (Phi) is 5.08. The maximum absolute atomic E-state index is 12.7. The predicted octanol–water partition coefficient (Wildman–Crippen LogP) is 4.62. The van der Waals surface area contributed by atoms with Crippen LogP contribution in [0, 0.1) is 5.92 Å². The highest BCUT2D eigenvalue weighted by Crippen LogP contribution is 2.32. The summed E-state index contributed by atoms with van der Waals surface area (Å²) < 4.78 is 5.90. The van der Waals surface area contributed by atoms with Crippen molar-refractivity contribution >= 4 is 5.78 Å². The van der Waals surface area contributed by atoms with Crippen LogP contribution < -0.4 is 0 Å². The molecule has 1 fully saturated rings. The van der Waals surface area contributed by atoms with Crippen LogP contribution in [0.1, 0.15) is 68.6 Å². The van der Waals surface area contributed by atoms with Gasteiger partial charge in [-0.25, -0.2) is 0 Å². The molecule has 114 valence electrons. The fourth-order valence-electron chi connectivity index (χ4n) is 3.77. The number of benzene rings is 1. The van der Waals surface area contributed by atoms with Crippen molar-refractivity contribution in [3.8, 4) is 0 Å². The Morgan fingerprint density at radius 3 is 2.57 bits per heavy atom. The maximum atomic E-state index is 12.7. The van der Waals surface area contributed by atoms with Crippen LogP contribution in [0.2, 0.25) is 0 Å². The highest BCUT2D eigenvalue weighted by molar-refractivity contribution is 5.81. The lowest BCUT2D eigenvalue weighted by molar-refractivity contribution is -0.126. The van der Waals surface area contributed by atoms with Crippen molar-refractivity contribution in [2.75, 3.05) is 6.61 Å². The largest absolute Gasteiger partial charge is 0.373 e. The Labute approximate surface area is 127 Å². The Balaban J connectivity index is 1.64. The summed E-state index contributed by atoms with van der Waals surface area (Å²) in [6, 6.07) is 8.44. The SMILES string of the molecule is O=C(CC1OCCc2ccccc21)C1CCCCCCC1. The van der Waals surface area contributed by atoms with E-state index in [9.17, 15) is 4.79 Å². The molecule has 1 unspecified atom stereocenters. The molecule has 2 nitrogen and oxygen atoms in total. The summed E-state index contributed by atoms with van der Waals surface area (Å²) >= 11 is 0. The number of hydrogen-bond acceptors (Lipinski definition) is 2. The maximum Gasteiger partial charge on any atom is 0.138 e. The van der Waals surface area contributed by atoms with Gasteiger partial charge in [0.25, 0.3) is 0 Å². The number of carbonyl (C=O) groups is 1. The van der Waals surface area contributed by atoms with E-state index >= 15 is 0 Å². The van der Waals surface area contributed by atoms with Gasteiger partial charge in [-0.3, -0.25) is 4.79 Å². The molecular weight excluding hydrogens is 260 g/mol. The molecule has 2 aliphatic rings. The fourth-order valence-corrected chi connectivity index (χ4v) is 3.77. The minimum atomic E-state index is -0.00658. The summed E-state index contributed by atoms with van der Waals surface area (Å²) in [6.45, 7) is 0.750. The Morgan fingerprint density at radius 1 is 1.05 bits per heavy atom. The van der Waals surface area contributed by atoms with Crippen LogP contribution in [0.15, 0.2) is 24.3 Å². The van der Waals surface area contributed by atoms with E-state index in [2.05, 4.69) is 24.3 Å². The summed E-state index contributed by atoms with van der Waals surface area (Å²) in [5.74, 6) is 0.710. The third-order valence-corrected chi connectivity index (χ3v) is 5.04. The van der Waals surface area contributed by atoms with Crippen LogP contribution in [-0.4, -0.2) is 12.4 Å². The molecule has 0 bridgehead atoms. The molecule has 21 heavy (non-hydrogen) atoms. The van der Waals surface area contributed by atoms with Gasteiger partial charge in [0.05, 0.1) is 12.7 Å². The molecule has 0 radical (unpaired) electrons. The minimum absolute atomic E-state index is 0.00658. The van der Waals surface area contributed by atoms with Crippen LogP contribution in [0.25, 0.3) is 0 Å². The van der Waals surface area contributed by atoms with E-state index in [0.717, 1.165) is 25.9 Å². The van der Waals surface area contributed by atoms with Crippen molar-refractivity contribution < 1.29 is 9.53 Å². The lowest BCUT2D eigenvalue weighted by atomic mass is 9.84. The fraction of sp³-hybridized carbons (Fsp3) is 0.632. The first-order valence-corrected chi connectivity index (χ1v) is 8.57. The third-order valence-electron chi connectivity index (χ3n) is 5.04. The van der Waals surface area contributed by atoms with E-state index in [1.165, 1.54) is 43.2 Å². The van der Waals surface area contributed by atoms with Crippen LogP contribution in [0.5, 0.6) is 0 Å². The minimum Gasteiger partial charge on any atom is -0.373 e. The van der Waals surface area contributed by atoms with Crippen molar-refractivity contribution in [2.45, 2.75) is 63.9 Å². The number of hydrogen-bond donors (Lipinski definition) is 0. The Bertz CT molecular complexity index is 472. The molecule has 1 saturated carbocycles. The second-order valence-corrected chi connectivity index (χ2v) is 6.52. The zero-order valence-corrected chi connectivity index (χ0v) is 12.9. The van der Waals surface area contributed by atoms with Gasteiger partial charge >= 0.3 is 0 Å². The number of ether oxygens (including phenoxy) is 1. The summed E-state index contributed by atoms with van der Waals surface area (Å²) in [4.78, 5) is 12.7. The quantitative estimate of drug-likeness (QED) is 0.810. The van der Waals surface area contributed by atoms with E-state index in [1.54, 1.807) is 0 Å². The third kappa shape index (κ3) is 3.74. The van der Waals surface area contributed by atoms with Crippen molar-refractivity contribution in [1.82, 2.24) is 0 Å². The Hall–Kier alpha value is -1.15. The van der Waals surface area contributed by atoms with Gasteiger partial charge in [-0.15, -0.1) is 0 Å². The number of fused-ring (bicyclic) bond motifs is 1. The van der Waals surface area contributed by atoms with Gasteiger partial charge in [0.2, 0.25) is 0 Å². The number of carbonyl (C=O) groups excluding carboxylic acids is 1. The van der Waals surface area contributed by atoms with Gasteiger partial charge in [0.15, 0.2) is 0 Å². The first-order valence-electron chi connectivity index (χ1n) is 8.57. The normalized spacial score (nSPS) is 23.9. The van der Waals surface area contributed by atoms with E-state index in [-0.39, 0.29) is 12.0 Å². The van der Waals surface area contributed by atoms with Gasteiger partial charge in [0, 0.05) is 12.3 Å². The molecule has 3 rings (SSSR count). The van der Waals surface area contributed by atoms with Crippen LogP contribution in [0.3, 0.4) is 0 Å². The molecule has 0 spiro atoms. The molecule has 1 atom stereocenters. The molecule has 1 aliphatic carbocycles. The van der Waals surface area contributed by atoms with Crippen molar-refractivity contribution in [3.05, 3.63) is 35.4 Å². The Morgan fingerprint density at radius 2 is 1.76 bits per heavy atom. The highest BCUT2D eigenvalue weighted by Gasteiger charge is 2.27. The van der Waals surface area contributed by atoms with E-state index < -0.39 is 0 Å². The second kappa shape index (κ2) is 7.22. The molecule has 0 saturated heterocycles. The molecule has 2 heteroatoms. The molecule has 1 aromatic rings. The van der Waals surface area contributed by atoms with Crippen LogP contribution >= 0.6 is 0 Å². The molecule has 0 N–H and O–H groups in total. The first-order chi connectivity index (χ1) is 10.3. The average molecular weight is 286 g/mol. The number of ketones is 1. The zero-order chi connectivity index (χ0) is 14.5. The monoisotopic (exact) mass is 286 g/mol. The predicted molar refractivity (Wildman–Crippen MR) is 84.3 cm³/mol. The molecule has 1 aromatic carbocycles. The topological polar surface area (TPSA) is 26.3 Å².